The van der Waals surface area contributed by atoms with Crippen molar-refractivity contribution in [3.63, 3.8) is 0 Å². The van der Waals surface area contributed by atoms with E-state index < -0.39 is 0 Å². The monoisotopic (exact) mass is 410 g/mol. The fraction of sp³-hybridized carbons (Fsp3) is 0.0435. The molecule has 8 nitrogen and oxygen atoms in total. The molecule has 0 spiro atoms. The van der Waals surface area contributed by atoms with Gasteiger partial charge in [0.15, 0.2) is 5.69 Å². The number of para-hydroxylation sites is 1. The fourth-order valence-corrected chi connectivity index (χ4v) is 3.30. The van der Waals surface area contributed by atoms with E-state index in [1.807, 2.05) is 55.6 Å². The summed E-state index contributed by atoms with van der Waals surface area (Å²) in [6.45, 7) is 1.81. The number of pyridine rings is 1. The molecular formula is C23H18N6O2. The van der Waals surface area contributed by atoms with Gasteiger partial charge in [-0.15, -0.1) is 5.10 Å². The molecule has 3 aromatic heterocycles. The number of hydrogen-bond donors (Lipinski definition) is 2. The van der Waals surface area contributed by atoms with E-state index in [1.165, 1.54) is 0 Å². The summed E-state index contributed by atoms with van der Waals surface area (Å²) in [5, 5.41) is 11.9. The molecule has 3 heterocycles. The van der Waals surface area contributed by atoms with Gasteiger partial charge in [0.05, 0.1) is 16.8 Å². The highest BCUT2D eigenvalue weighted by molar-refractivity contribution is 6.03. The summed E-state index contributed by atoms with van der Waals surface area (Å²) in [6.07, 6.45) is 3.51. The summed E-state index contributed by atoms with van der Waals surface area (Å²) in [7, 11) is 0. The number of benzene rings is 2. The van der Waals surface area contributed by atoms with Crippen molar-refractivity contribution in [2.75, 3.05) is 5.32 Å². The fourth-order valence-electron chi connectivity index (χ4n) is 3.30. The predicted octanol–water partition coefficient (Wildman–Crippen LogP) is 4.50. The number of amides is 1. The SMILES string of the molecule is Cc1c(C(=O)Nc2ccc(Oc3ccnc4[nH]ccc34)cc2)nnn1-c1ccccc1. The first-order valence-electron chi connectivity index (χ1n) is 9.68. The summed E-state index contributed by atoms with van der Waals surface area (Å²) >= 11 is 0. The number of aromatic amines is 1. The molecule has 0 aliphatic carbocycles. The Balaban J connectivity index is 1.30. The van der Waals surface area contributed by atoms with Crippen molar-refractivity contribution in [3.8, 4) is 17.2 Å². The highest BCUT2D eigenvalue weighted by Gasteiger charge is 2.17. The van der Waals surface area contributed by atoms with Gasteiger partial charge >= 0.3 is 0 Å². The Hall–Kier alpha value is -4.46. The highest BCUT2D eigenvalue weighted by Crippen LogP contribution is 2.29. The van der Waals surface area contributed by atoms with Crippen molar-refractivity contribution in [3.05, 3.63) is 90.5 Å². The van der Waals surface area contributed by atoms with Crippen molar-refractivity contribution in [1.82, 2.24) is 25.0 Å². The van der Waals surface area contributed by atoms with Crippen LogP contribution in [0.3, 0.4) is 0 Å². The third-order valence-corrected chi connectivity index (χ3v) is 4.87. The molecule has 31 heavy (non-hydrogen) atoms. The molecule has 0 bridgehead atoms. The molecule has 2 N–H and O–H groups in total. The molecular weight excluding hydrogens is 392 g/mol. The number of anilines is 1. The van der Waals surface area contributed by atoms with Crippen LogP contribution in [0.1, 0.15) is 16.2 Å². The van der Waals surface area contributed by atoms with Gasteiger partial charge < -0.3 is 15.0 Å². The molecule has 0 aliphatic rings. The molecule has 2 aromatic carbocycles. The van der Waals surface area contributed by atoms with E-state index in [2.05, 4.69) is 25.6 Å². The quantitative estimate of drug-likeness (QED) is 0.445. The lowest BCUT2D eigenvalue weighted by atomic mass is 10.2. The third-order valence-electron chi connectivity index (χ3n) is 4.87. The topological polar surface area (TPSA) is 97.7 Å². The largest absolute Gasteiger partial charge is 0.457 e. The van der Waals surface area contributed by atoms with Crippen molar-refractivity contribution in [2.24, 2.45) is 0 Å². The normalized spacial score (nSPS) is 10.9. The van der Waals surface area contributed by atoms with Gasteiger partial charge in [0.25, 0.3) is 5.91 Å². The lowest BCUT2D eigenvalue weighted by molar-refractivity contribution is 0.102. The van der Waals surface area contributed by atoms with Crippen LogP contribution in [-0.4, -0.2) is 30.9 Å². The van der Waals surface area contributed by atoms with Gasteiger partial charge in [-0.25, -0.2) is 9.67 Å². The number of rotatable bonds is 5. The van der Waals surface area contributed by atoms with Gasteiger partial charge in [0.1, 0.15) is 17.1 Å². The Morgan fingerprint density at radius 2 is 1.84 bits per heavy atom. The molecule has 5 aromatic rings. The number of nitrogens with one attached hydrogen (secondary N) is 2. The minimum absolute atomic E-state index is 0.274. The molecule has 0 atom stereocenters. The third kappa shape index (κ3) is 3.62. The molecule has 152 valence electrons. The van der Waals surface area contributed by atoms with Gasteiger partial charge in [0.2, 0.25) is 0 Å². The van der Waals surface area contributed by atoms with E-state index in [-0.39, 0.29) is 11.6 Å². The van der Waals surface area contributed by atoms with E-state index in [9.17, 15) is 4.79 Å². The summed E-state index contributed by atoms with van der Waals surface area (Å²) in [4.78, 5) is 20.0. The number of fused-ring (bicyclic) bond motifs is 1. The Morgan fingerprint density at radius 1 is 1.03 bits per heavy atom. The van der Waals surface area contributed by atoms with E-state index in [4.69, 9.17) is 4.74 Å². The molecule has 0 radical (unpaired) electrons. The zero-order valence-corrected chi connectivity index (χ0v) is 16.6. The first-order chi connectivity index (χ1) is 15.2. The summed E-state index contributed by atoms with van der Waals surface area (Å²) in [5.74, 6) is 1.03. The van der Waals surface area contributed by atoms with Crippen LogP contribution < -0.4 is 10.1 Å². The second-order valence-corrected chi connectivity index (χ2v) is 6.90. The Bertz CT molecular complexity index is 1360. The number of ether oxygens (including phenoxy) is 1. The smallest absolute Gasteiger partial charge is 0.278 e. The zero-order chi connectivity index (χ0) is 21.2. The maximum absolute atomic E-state index is 12.7. The lowest BCUT2D eigenvalue weighted by Gasteiger charge is -2.08. The van der Waals surface area contributed by atoms with E-state index in [0.717, 1.165) is 16.7 Å². The van der Waals surface area contributed by atoms with Crippen LogP contribution in [0.4, 0.5) is 5.69 Å². The van der Waals surface area contributed by atoms with E-state index >= 15 is 0 Å². The molecule has 0 saturated carbocycles. The number of nitrogens with zero attached hydrogens (tertiary/aromatic N) is 4. The average molecular weight is 410 g/mol. The van der Waals surface area contributed by atoms with Crippen molar-refractivity contribution >= 4 is 22.6 Å². The van der Waals surface area contributed by atoms with Crippen LogP contribution in [0, 0.1) is 6.92 Å². The molecule has 5 rings (SSSR count). The number of hydrogen-bond acceptors (Lipinski definition) is 5. The number of carbonyl (C=O) groups excluding carboxylic acids is 1. The average Bonchev–Trinajstić information content (AvgIpc) is 3.43. The van der Waals surface area contributed by atoms with Crippen molar-refractivity contribution in [1.29, 1.82) is 0 Å². The standard InChI is InChI=1S/C23H18N6O2/c1-15-21(27-28-29(15)17-5-3-2-4-6-17)23(30)26-16-7-9-18(10-8-16)31-20-12-14-25-22-19(20)11-13-24-22/h2-14H,1H3,(H,24,25)(H,26,30). The van der Waals surface area contributed by atoms with Crippen LogP contribution in [-0.2, 0) is 0 Å². The molecule has 0 unspecified atom stereocenters. The van der Waals surface area contributed by atoms with Gasteiger partial charge in [-0.3, -0.25) is 4.79 Å². The Kier molecular flexibility index (Phi) is 4.64. The van der Waals surface area contributed by atoms with Gasteiger partial charge in [0, 0.05) is 18.1 Å². The zero-order valence-electron chi connectivity index (χ0n) is 16.6. The first-order valence-corrected chi connectivity index (χ1v) is 9.68. The van der Waals surface area contributed by atoms with Crippen LogP contribution in [0.5, 0.6) is 11.5 Å². The second kappa shape index (κ2) is 7.75. The van der Waals surface area contributed by atoms with Crippen LogP contribution in [0.25, 0.3) is 16.7 Å². The molecule has 8 heteroatoms. The molecule has 1 amide bonds. The summed E-state index contributed by atoms with van der Waals surface area (Å²) in [5.41, 5.74) is 3.18. The molecule has 0 fully saturated rings. The first kappa shape index (κ1) is 18.6. The van der Waals surface area contributed by atoms with Gasteiger partial charge in [-0.2, -0.15) is 0 Å². The van der Waals surface area contributed by atoms with E-state index in [0.29, 0.717) is 22.9 Å². The predicted molar refractivity (Wildman–Crippen MR) is 117 cm³/mol. The van der Waals surface area contributed by atoms with Crippen molar-refractivity contribution in [2.45, 2.75) is 6.92 Å². The summed E-state index contributed by atoms with van der Waals surface area (Å²) < 4.78 is 7.61. The van der Waals surface area contributed by atoms with E-state index in [1.54, 1.807) is 35.1 Å². The van der Waals surface area contributed by atoms with Gasteiger partial charge in [-0.1, -0.05) is 23.4 Å². The Morgan fingerprint density at radius 3 is 2.65 bits per heavy atom. The lowest BCUT2D eigenvalue weighted by Crippen LogP contribution is -2.14. The molecule has 0 saturated heterocycles. The molecule has 0 aliphatic heterocycles. The Labute approximate surface area is 177 Å². The number of aromatic nitrogens is 5. The maximum atomic E-state index is 12.7. The minimum Gasteiger partial charge on any atom is -0.457 e. The second-order valence-electron chi connectivity index (χ2n) is 6.90. The highest BCUT2D eigenvalue weighted by atomic mass is 16.5. The number of carbonyl (C=O) groups is 1. The van der Waals surface area contributed by atoms with Crippen LogP contribution in [0.2, 0.25) is 0 Å². The van der Waals surface area contributed by atoms with Crippen molar-refractivity contribution < 1.29 is 9.53 Å². The van der Waals surface area contributed by atoms with Crippen LogP contribution >= 0.6 is 0 Å². The minimum atomic E-state index is -0.323. The number of H-pyrrole nitrogens is 1. The van der Waals surface area contributed by atoms with Gasteiger partial charge in [-0.05, 0) is 55.5 Å². The van der Waals surface area contributed by atoms with Crippen LogP contribution in [0.15, 0.2) is 79.1 Å². The maximum Gasteiger partial charge on any atom is 0.278 e. The summed E-state index contributed by atoms with van der Waals surface area (Å²) in [6, 6.07) is 20.4.